The molecule has 0 spiro atoms. The zero-order valence-corrected chi connectivity index (χ0v) is 15.9. The lowest BCUT2D eigenvalue weighted by atomic mass is 10.1. The van der Waals surface area contributed by atoms with E-state index in [1.807, 2.05) is 22.9 Å². The van der Waals surface area contributed by atoms with Gasteiger partial charge in [0.1, 0.15) is 11.5 Å². The Hall–Kier alpha value is -2.64. The Bertz CT molecular complexity index is 916. The number of hydrogen-bond donors (Lipinski definition) is 1. The Balaban J connectivity index is 1.66. The maximum atomic E-state index is 12.4. The molecule has 1 amide bonds. The highest BCUT2D eigenvalue weighted by Gasteiger charge is 2.15. The van der Waals surface area contributed by atoms with Crippen molar-refractivity contribution in [3.05, 3.63) is 68.0 Å². The molecule has 2 heterocycles. The molecule has 3 aromatic rings. The van der Waals surface area contributed by atoms with Crippen molar-refractivity contribution in [2.45, 2.75) is 6.54 Å². The van der Waals surface area contributed by atoms with Crippen LogP contribution in [0.25, 0.3) is 0 Å². The van der Waals surface area contributed by atoms with Crippen LogP contribution in [0.1, 0.15) is 30.5 Å². The zero-order chi connectivity index (χ0) is 18.5. The lowest BCUT2D eigenvalue weighted by Crippen LogP contribution is -2.22. The van der Waals surface area contributed by atoms with E-state index in [4.69, 9.17) is 9.47 Å². The average molecular weight is 387 g/mol. The van der Waals surface area contributed by atoms with E-state index in [0.717, 1.165) is 4.88 Å². The quantitative estimate of drug-likeness (QED) is 0.623. The van der Waals surface area contributed by atoms with E-state index < -0.39 is 0 Å². The number of carbonyl (C=O) groups excluding carboxylic acids is 2. The van der Waals surface area contributed by atoms with Crippen LogP contribution < -0.4 is 14.8 Å². The third kappa shape index (κ3) is 3.95. The van der Waals surface area contributed by atoms with Gasteiger partial charge in [0, 0.05) is 21.9 Å². The predicted molar refractivity (Wildman–Crippen MR) is 103 cm³/mol. The minimum atomic E-state index is -0.247. The monoisotopic (exact) mass is 387 g/mol. The molecule has 1 N–H and O–H groups in total. The molecule has 134 valence electrons. The number of carbonyl (C=O) groups is 2. The van der Waals surface area contributed by atoms with E-state index in [1.54, 1.807) is 31.4 Å². The largest absolute Gasteiger partial charge is 0.497 e. The number of benzene rings is 1. The van der Waals surface area contributed by atoms with Gasteiger partial charge in [0.05, 0.1) is 31.2 Å². The molecule has 0 aliphatic carbocycles. The fourth-order valence-electron chi connectivity index (χ4n) is 2.38. The van der Waals surface area contributed by atoms with Crippen LogP contribution in [0.2, 0.25) is 0 Å². The van der Waals surface area contributed by atoms with Gasteiger partial charge in [-0.15, -0.1) is 11.3 Å². The summed E-state index contributed by atoms with van der Waals surface area (Å²) in [6, 6.07) is 10.5. The highest BCUT2D eigenvalue weighted by Crippen LogP contribution is 2.25. The van der Waals surface area contributed by atoms with Crippen LogP contribution in [0.5, 0.6) is 11.5 Å². The summed E-state index contributed by atoms with van der Waals surface area (Å²) >= 11 is 2.87. The van der Waals surface area contributed by atoms with Gasteiger partial charge in [-0.3, -0.25) is 9.59 Å². The minimum Gasteiger partial charge on any atom is -0.497 e. The molecule has 2 aromatic heterocycles. The average Bonchev–Trinajstić information content (AvgIpc) is 3.37. The number of hydrogen-bond acceptors (Lipinski definition) is 6. The van der Waals surface area contributed by atoms with Crippen LogP contribution in [0.4, 0.5) is 0 Å². The van der Waals surface area contributed by atoms with Crippen molar-refractivity contribution in [1.82, 2.24) is 5.32 Å². The molecule has 0 aliphatic rings. The van der Waals surface area contributed by atoms with Crippen molar-refractivity contribution in [2.24, 2.45) is 0 Å². The van der Waals surface area contributed by atoms with E-state index in [-0.39, 0.29) is 11.7 Å². The molecule has 3 rings (SSSR count). The molecule has 0 fully saturated rings. The molecule has 0 aliphatic heterocycles. The maximum absolute atomic E-state index is 12.4. The third-order valence-electron chi connectivity index (χ3n) is 3.75. The third-order valence-corrected chi connectivity index (χ3v) is 5.51. The second-order valence-corrected chi connectivity index (χ2v) is 7.30. The van der Waals surface area contributed by atoms with E-state index in [2.05, 4.69) is 5.32 Å². The number of ketones is 1. The van der Waals surface area contributed by atoms with Gasteiger partial charge in [0.2, 0.25) is 5.78 Å². The van der Waals surface area contributed by atoms with Crippen LogP contribution in [0.15, 0.2) is 47.2 Å². The van der Waals surface area contributed by atoms with Crippen molar-refractivity contribution in [3.8, 4) is 11.5 Å². The first kappa shape index (κ1) is 18.2. The summed E-state index contributed by atoms with van der Waals surface area (Å²) in [5.74, 6) is 0.823. The summed E-state index contributed by atoms with van der Waals surface area (Å²) in [4.78, 5) is 26.3. The number of rotatable bonds is 7. The Morgan fingerprint density at radius 2 is 1.92 bits per heavy atom. The number of thiophene rings is 2. The lowest BCUT2D eigenvalue weighted by Gasteiger charge is -2.10. The fourth-order valence-corrected chi connectivity index (χ4v) is 3.93. The van der Waals surface area contributed by atoms with Gasteiger partial charge in [-0.1, -0.05) is 0 Å². The van der Waals surface area contributed by atoms with E-state index in [0.29, 0.717) is 34.0 Å². The predicted octanol–water partition coefficient (Wildman–Crippen LogP) is 3.99. The van der Waals surface area contributed by atoms with E-state index in [1.165, 1.54) is 29.8 Å². The van der Waals surface area contributed by atoms with Crippen LogP contribution >= 0.6 is 22.7 Å². The van der Waals surface area contributed by atoms with Gasteiger partial charge in [-0.05, 0) is 35.7 Å². The number of amides is 1. The topological polar surface area (TPSA) is 64.6 Å². The smallest absolute Gasteiger partial charge is 0.255 e. The summed E-state index contributed by atoms with van der Waals surface area (Å²) in [5.41, 5.74) is 1.12. The van der Waals surface area contributed by atoms with Gasteiger partial charge < -0.3 is 14.8 Å². The second kappa shape index (κ2) is 8.16. The Morgan fingerprint density at radius 1 is 1.08 bits per heavy atom. The molecule has 0 radical (unpaired) electrons. The summed E-state index contributed by atoms with van der Waals surface area (Å²) < 4.78 is 10.4. The van der Waals surface area contributed by atoms with Gasteiger partial charge in [-0.25, -0.2) is 0 Å². The Labute approximate surface area is 159 Å². The van der Waals surface area contributed by atoms with Crippen molar-refractivity contribution in [2.75, 3.05) is 14.2 Å². The van der Waals surface area contributed by atoms with Crippen molar-refractivity contribution in [3.63, 3.8) is 0 Å². The van der Waals surface area contributed by atoms with Crippen LogP contribution in [-0.2, 0) is 6.54 Å². The minimum absolute atomic E-state index is 0.00523. The van der Waals surface area contributed by atoms with Crippen molar-refractivity contribution in [1.29, 1.82) is 0 Å². The number of nitrogens with one attached hydrogen (secondary N) is 1. The number of methoxy groups -OCH3 is 2. The Kier molecular flexibility index (Phi) is 5.70. The molecule has 0 saturated heterocycles. The summed E-state index contributed by atoms with van der Waals surface area (Å²) in [5, 5.41) is 6.57. The highest BCUT2D eigenvalue weighted by molar-refractivity contribution is 7.14. The molecular weight excluding hydrogens is 370 g/mol. The normalized spacial score (nSPS) is 10.4. The fraction of sp³-hybridized carbons (Fsp3) is 0.158. The van der Waals surface area contributed by atoms with E-state index >= 15 is 0 Å². The first-order chi connectivity index (χ1) is 12.6. The first-order valence-electron chi connectivity index (χ1n) is 7.78. The lowest BCUT2D eigenvalue weighted by molar-refractivity contribution is 0.0947. The van der Waals surface area contributed by atoms with Crippen molar-refractivity contribution >= 4 is 34.4 Å². The van der Waals surface area contributed by atoms with Gasteiger partial charge in [-0.2, -0.15) is 11.3 Å². The van der Waals surface area contributed by atoms with Gasteiger partial charge in [0.15, 0.2) is 0 Å². The van der Waals surface area contributed by atoms with Crippen LogP contribution in [-0.4, -0.2) is 25.9 Å². The molecule has 0 atom stereocenters. The standard InChI is InChI=1S/C19H17NO4S2/c1-23-13-3-5-15(16(9-13)24-2)19(22)20-10-14-4-6-17(26-14)18(21)12-7-8-25-11-12/h3-9,11H,10H2,1-2H3,(H,20,22). The highest BCUT2D eigenvalue weighted by atomic mass is 32.1. The molecule has 5 nitrogen and oxygen atoms in total. The molecular formula is C19H17NO4S2. The maximum Gasteiger partial charge on any atom is 0.255 e. The summed E-state index contributed by atoms with van der Waals surface area (Å²) in [6.07, 6.45) is 0. The second-order valence-electron chi connectivity index (χ2n) is 5.36. The summed E-state index contributed by atoms with van der Waals surface area (Å²) in [6.45, 7) is 0.343. The molecule has 1 aromatic carbocycles. The molecule has 0 saturated carbocycles. The molecule has 7 heteroatoms. The molecule has 0 unspecified atom stereocenters. The number of ether oxygens (including phenoxy) is 2. The van der Waals surface area contributed by atoms with Crippen LogP contribution in [0, 0.1) is 0 Å². The van der Waals surface area contributed by atoms with Crippen molar-refractivity contribution < 1.29 is 19.1 Å². The Morgan fingerprint density at radius 3 is 2.62 bits per heavy atom. The SMILES string of the molecule is COc1ccc(C(=O)NCc2ccc(C(=O)c3ccsc3)s2)c(OC)c1. The van der Waals surface area contributed by atoms with Gasteiger partial charge >= 0.3 is 0 Å². The van der Waals surface area contributed by atoms with E-state index in [9.17, 15) is 9.59 Å². The van der Waals surface area contributed by atoms with Crippen LogP contribution in [0.3, 0.4) is 0 Å². The zero-order valence-electron chi connectivity index (χ0n) is 14.3. The summed E-state index contributed by atoms with van der Waals surface area (Å²) in [7, 11) is 3.06. The molecule has 26 heavy (non-hydrogen) atoms. The first-order valence-corrected chi connectivity index (χ1v) is 9.54. The molecule has 0 bridgehead atoms. The van der Waals surface area contributed by atoms with Gasteiger partial charge in [0.25, 0.3) is 5.91 Å².